The van der Waals surface area contributed by atoms with Gasteiger partial charge in [0.25, 0.3) is 0 Å². The Balaban J connectivity index is 2.59. The third-order valence-corrected chi connectivity index (χ3v) is 3.81. The first-order valence-corrected chi connectivity index (χ1v) is 6.45. The number of aryl methyl sites for hydroxylation is 2. The molecule has 0 amide bonds. The van der Waals surface area contributed by atoms with Gasteiger partial charge < -0.3 is 0 Å². The van der Waals surface area contributed by atoms with E-state index in [2.05, 4.69) is 31.0 Å². The first kappa shape index (κ1) is 12.5. The van der Waals surface area contributed by atoms with Crippen molar-refractivity contribution in [1.82, 2.24) is 19.7 Å². The number of nitrogens with zero attached hydrogens (tertiary/aromatic N) is 4. The average Bonchev–Trinajstić information content (AvgIpc) is 2.56. The number of hydrogen-bond donors (Lipinski definition) is 0. The minimum absolute atomic E-state index is 0.440. The average molecular weight is 316 g/mol. The lowest BCUT2D eigenvalue weighted by molar-refractivity contribution is 0.783. The van der Waals surface area contributed by atoms with Gasteiger partial charge in [-0.05, 0) is 29.8 Å². The molecule has 2 heterocycles. The Morgan fingerprint density at radius 1 is 1.35 bits per heavy atom. The molecule has 2 aromatic rings. The molecule has 0 aromatic carbocycles. The van der Waals surface area contributed by atoms with Gasteiger partial charge in [-0.1, -0.05) is 18.5 Å². The van der Waals surface area contributed by atoms with Crippen molar-refractivity contribution in [3.63, 3.8) is 0 Å². The van der Waals surface area contributed by atoms with Gasteiger partial charge in [-0.15, -0.1) is 0 Å². The second-order valence-corrected chi connectivity index (χ2v) is 4.90. The summed E-state index contributed by atoms with van der Waals surface area (Å²) in [5.74, 6) is 1.42. The van der Waals surface area contributed by atoms with E-state index in [0.717, 1.165) is 28.1 Å². The standard InChI is InChI=1S/C11H12BrClN4/c1-4-9-14-8(13)5-10(15-9)17-7(3)11(12)6(2)16-17/h5H,4H2,1-3H3. The molecule has 90 valence electrons. The van der Waals surface area contributed by atoms with Gasteiger partial charge >= 0.3 is 0 Å². The van der Waals surface area contributed by atoms with Crippen molar-refractivity contribution >= 4 is 27.5 Å². The van der Waals surface area contributed by atoms with Gasteiger partial charge in [-0.25, -0.2) is 14.6 Å². The van der Waals surface area contributed by atoms with Crippen molar-refractivity contribution in [2.45, 2.75) is 27.2 Å². The Hall–Kier alpha value is -0.940. The van der Waals surface area contributed by atoms with Gasteiger partial charge in [0.1, 0.15) is 11.0 Å². The van der Waals surface area contributed by atoms with Crippen LogP contribution in [0.2, 0.25) is 5.15 Å². The van der Waals surface area contributed by atoms with E-state index in [-0.39, 0.29) is 0 Å². The quantitative estimate of drug-likeness (QED) is 0.799. The zero-order valence-corrected chi connectivity index (χ0v) is 12.2. The molecule has 6 heteroatoms. The lowest BCUT2D eigenvalue weighted by Crippen LogP contribution is -2.05. The number of halogens is 2. The molecule has 0 fully saturated rings. The number of rotatable bonds is 2. The van der Waals surface area contributed by atoms with Crippen LogP contribution in [0, 0.1) is 13.8 Å². The Bertz CT molecular complexity index is 565. The fourth-order valence-electron chi connectivity index (χ4n) is 1.56. The maximum Gasteiger partial charge on any atom is 0.158 e. The number of aromatic nitrogens is 4. The van der Waals surface area contributed by atoms with E-state index in [9.17, 15) is 0 Å². The maximum absolute atomic E-state index is 5.97. The molecular formula is C11H12BrClN4. The summed E-state index contributed by atoms with van der Waals surface area (Å²) in [5.41, 5.74) is 1.93. The van der Waals surface area contributed by atoms with E-state index in [1.54, 1.807) is 10.7 Å². The van der Waals surface area contributed by atoms with Gasteiger partial charge in [0, 0.05) is 12.5 Å². The van der Waals surface area contributed by atoms with Crippen LogP contribution < -0.4 is 0 Å². The molecule has 17 heavy (non-hydrogen) atoms. The van der Waals surface area contributed by atoms with Crippen molar-refractivity contribution in [2.24, 2.45) is 0 Å². The minimum Gasteiger partial charge on any atom is -0.221 e. The highest BCUT2D eigenvalue weighted by atomic mass is 79.9. The Morgan fingerprint density at radius 2 is 2.06 bits per heavy atom. The van der Waals surface area contributed by atoms with Gasteiger partial charge in [-0.3, -0.25) is 0 Å². The van der Waals surface area contributed by atoms with Gasteiger partial charge in [0.05, 0.1) is 15.9 Å². The highest BCUT2D eigenvalue weighted by molar-refractivity contribution is 9.10. The molecule has 0 saturated heterocycles. The van der Waals surface area contributed by atoms with Crippen LogP contribution in [0.15, 0.2) is 10.5 Å². The molecule has 0 N–H and O–H groups in total. The van der Waals surface area contributed by atoms with Crippen LogP contribution in [0.4, 0.5) is 0 Å². The van der Waals surface area contributed by atoms with Crippen molar-refractivity contribution in [3.05, 3.63) is 32.9 Å². The van der Waals surface area contributed by atoms with Crippen LogP contribution in [0.25, 0.3) is 5.82 Å². The first-order valence-electron chi connectivity index (χ1n) is 5.28. The molecule has 0 unspecified atom stereocenters. The van der Waals surface area contributed by atoms with E-state index in [4.69, 9.17) is 11.6 Å². The molecule has 0 saturated carbocycles. The molecule has 2 aromatic heterocycles. The normalized spacial score (nSPS) is 10.9. The summed E-state index contributed by atoms with van der Waals surface area (Å²) < 4.78 is 2.76. The molecule has 4 nitrogen and oxygen atoms in total. The van der Waals surface area contributed by atoms with E-state index >= 15 is 0 Å². The molecular weight excluding hydrogens is 304 g/mol. The third kappa shape index (κ3) is 2.35. The van der Waals surface area contributed by atoms with E-state index in [1.807, 2.05) is 20.8 Å². The monoisotopic (exact) mass is 314 g/mol. The summed E-state index contributed by atoms with van der Waals surface area (Å²) >= 11 is 9.47. The molecule has 0 bridgehead atoms. The first-order chi connectivity index (χ1) is 8.02. The predicted octanol–water partition coefficient (Wildman–Crippen LogP) is 3.26. The summed E-state index contributed by atoms with van der Waals surface area (Å²) in [6.07, 6.45) is 0.744. The summed E-state index contributed by atoms with van der Waals surface area (Å²) in [6.45, 7) is 5.91. The predicted molar refractivity (Wildman–Crippen MR) is 70.7 cm³/mol. The summed E-state index contributed by atoms with van der Waals surface area (Å²) in [5, 5.41) is 4.86. The van der Waals surface area contributed by atoms with E-state index in [1.165, 1.54) is 0 Å². The molecule has 0 aliphatic rings. The summed E-state index contributed by atoms with van der Waals surface area (Å²) in [6, 6.07) is 1.71. The molecule has 0 spiro atoms. The fraction of sp³-hybridized carbons (Fsp3) is 0.364. The number of hydrogen-bond acceptors (Lipinski definition) is 3. The van der Waals surface area contributed by atoms with Crippen molar-refractivity contribution in [2.75, 3.05) is 0 Å². The van der Waals surface area contributed by atoms with Crippen LogP contribution in [-0.4, -0.2) is 19.7 Å². The van der Waals surface area contributed by atoms with Crippen LogP contribution in [-0.2, 0) is 6.42 Å². The second kappa shape index (κ2) is 4.74. The SMILES string of the molecule is CCc1nc(Cl)cc(-n2nc(C)c(Br)c2C)n1. The van der Waals surface area contributed by atoms with Crippen molar-refractivity contribution in [1.29, 1.82) is 0 Å². The van der Waals surface area contributed by atoms with Crippen molar-refractivity contribution in [3.8, 4) is 5.82 Å². The van der Waals surface area contributed by atoms with Crippen LogP contribution >= 0.6 is 27.5 Å². The molecule has 0 aliphatic carbocycles. The lowest BCUT2D eigenvalue weighted by atomic mass is 10.4. The third-order valence-electron chi connectivity index (χ3n) is 2.46. The zero-order chi connectivity index (χ0) is 12.6. The topological polar surface area (TPSA) is 43.6 Å². The molecule has 0 aliphatic heterocycles. The maximum atomic E-state index is 5.97. The highest BCUT2D eigenvalue weighted by Crippen LogP contribution is 2.23. The van der Waals surface area contributed by atoms with E-state index < -0.39 is 0 Å². The van der Waals surface area contributed by atoms with Gasteiger partial charge in [0.2, 0.25) is 0 Å². The Morgan fingerprint density at radius 3 is 2.59 bits per heavy atom. The molecule has 0 radical (unpaired) electrons. The minimum atomic E-state index is 0.440. The smallest absolute Gasteiger partial charge is 0.158 e. The summed E-state index contributed by atoms with van der Waals surface area (Å²) in [7, 11) is 0. The zero-order valence-electron chi connectivity index (χ0n) is 9.83. The molecule has 2 rings (SSSR count). The second-order valence-electron chi connectivity index (χ2n) is 3.72. The van der Waals surface area contributed by atoms with Gasteiger partial charge in [0.15, 0.2) is 5.82 Å². The van der Waals surface area contributed by atoms with Crippen LogP contribution in [0.3, 0.4) is 0 Å². The Kier molecular flexibility index (Phi) is 3.49. The van der Waals surface area contributed by atoms with Crippen LogP contribution in [0.1, 0.15) is 24.1 Å². The summed E-state index contributed by atoms with van der Waals surface area (Å²) in [4.78, 5) is 8.56. The van der Waals surface area contributed by atoms with E-state index in [0.29, 0.717) is 11.0 Å². The lowest BCUT2D eigenvalue weighted by Gasteiger charge is -2.05. The largest absolute Gasteiger partial charge is 0.221 e. The fourth-order valence-corrected chi connectivity index (χ4v) is 2.01. The van der Waals surface area contributed by atoms with Gasteiger partial charge in [-0.2, -0.15) is 5.10 Å². The van der Waals surface area contributed by atoms with Crippen molar-refractivity contribution < 1.29 is 0 Å². The Labute approximate surface area is 113 Å². The van der Waals surface area contributed by atoms with Crippen LogP contribution in [0.5, 0.6) is 0 Å². The highest BCUT2D eigenvalue weighted by Gasteiger charge is 2.12. The molecule has 0 atom stereocenters.